The van der Waals surface area contributed by atoms with Gasteiger partial charge in [-0.1, -0.05) is 299 Å². The number of hydrogen-bond donors (Lipinski definition) is 0. The summed E-state index contributed by atoms with van der Waals surface area (Å²) >= 11 is 0. The minimum atomic E-state index is -0.775. The first-order valence-corrected chi connectivity index (χ1v) is 32.9. The van der Waals surface area contributed by atoms with Gasteiger partial charge in [0, 0.05) is 19.3 Å². The summed E-state index contributed by atoms with van der Waals surface area (Å²) in [6.07, 6.45) is 83.5. The van der Waals surface area contributed by atoms with Gasteiger partial charge in [-0.2, -0.15) is 0 Å². The number of ether oxygens (including phenoxy) is 3. The Balaban J connectivity index is 4.16. The van der Waals surface area contributed by atoms with Crippen molar-refractivity contribution in [2.75, 3.05) is 13.2 Å². The van der Waals surface area contributed by atoms with Crippen LogP contribution in [-0.2, 0) is 28.6 Å². The fraction of sp³-hybridized carbons (Fsp3) is 0.786. The Morgan fingerprint density at radius 2 is 0.513 bits per heavy atom. The molecule has 0 aromatic heterocycles. The van der Waals surface area contributed by atoms with Crippen LogP contribution in [0.4, 0.5) is 0 Å². The number of allylic oxidation sites excluding steroid dienone is 12. The van der Waals surface area contributed by atoms with Crippen molar-refractivity contribution in [2.24, 2.45) is 0 Å². The number of hydrogen-bond acceptors (Lipinski definition) is 6. The van der Waals surface area contributed by atoms with E-state index in [0.717, 1.165) is 89.9 Å². The Morgan fingerprint density at radius 1 is 0.276 bits per heavy atom. The molecular weight excluding hydrogens is 937 g/mol. The van der Waals surface area contributed by atoms with Gasteiger partial charge >= 0.3 is 17.9 Å². The third-order valence-corrected chi connectivity index (χ3v) is 14.4. The van der Waals surface area contributed by atoms with Gasteiger partial charge in [-0.3, -0.25) is 14.4 Å². The van der Waals surface area contributed by atoms with Gasteiger partial charge in [0.1, 0.15) is 13.2 Å². The second-order valence-corrected chi connectivity index (χ2v) is 22.0. The second-order valence-electron chi connectivity index (χ2n) is 22.0. The van der Waals surface area contributed by atoms with E-state index in [9.17, 15) is 14.4 Å². The highest BCUT2D eigenvalue weighted by molar-refractivity contribution is 5.71. The monoisotopic (exact) mass is 1060 g/mol. The van der Waals surface area contributed by atoms with Crippen molar-refractivity contribution in [1.82, 2.24) is 0 Å². The molecule has 6 nitrogen and oxygen atoms in total. The van der Waals surface area contributed by atoms with Crippen LogP contribution in [0.15, 0.2) is 72.9 Å². The largest absolute Gasteiger partial charge is 0.462 e. The Kier molecular flexibility index (Phi) is 61.7. The summed E-state index contributed by atoms with van der Waals surface area (Å²) in [6, 6.07) is 0. The molecule has 0 N–H and O–H groups in total. The van der Waals surface area contributed by atoms with Crippen LogP contribution in [0.2, 0.25) is 0 Å². The van der Waals surface area contributed by atoms with Crippen molar-refractivity contribution in [3.8, 4) is 0 Å². The summed E-state index contributed by atoms with van der Waals surface area (Å²) in [5, 5.41) is 0. The highest BCUT2D eigenvalue weighted by Gasteiger charge is 2.19. The molecule has 0 saturated heterocycles. The lowest BCUT2D eigenvalue weighted by Crippen LogP contribution is -2.30. The van der Waals surface area contributed by atoms with Crippen molar-refractivity contribution >= 4 is 17.9 Å². The molecule has 0 amide bonds. The maximum Gasteiger partial charge on any atom is 0.306 e. The minimum Gasteiger partial charge on any atom is -0.462 e. The summed E-state index contributed by atoms with van der Waals surface area (Å²) in [6.45, 7) is 6.53. The molecule has 0 aliphatic rings. The summed E-state index contributed by atoms with van der Waals surface area (Å²) in [5.41, 5.74) is 0. The van der Waals surface area contributed by atoms with E-state index in [-0.39, 0.29) is 31.1 Å². The molecule has 0 spiro atoms. The molecular formula is C70H124O6. The average molecular weight is 1060 g/mol. The fourth-order valence-electron chi connectivity index (χ4n) is 9.53. The van der Waals surface area contributed by atoms with Crippen LogP contribution in [-0.4, -0.2) is 37.2 Å². The van der Waals surface area contributed by atoms with Crippen LogP contribution in [0.3, 0.4) is 0 Å². The van der Waals surface area contributed by atoms with Gasteiger partial charge in [-0.25, -0.2) is 0 Å². The van der Waals surface area contributed by atoms with Crippen molar-refractivity contribution < 1.29 is 28.6 Å². The van der Waals surface area contributed by atoms with Gasteiger partial charge in [0.05, 0.1) is 0 Å². The average Bonchev–Trinajstić information content (AvgIpc) is 3.42. The van der Waals surface area contributed by atoms with Gasteiger partial charge in [-0.15, -0.1) is 0 Å². The van der Waals surface area contributed by atoms with Gasteiger partial charge in [0.25, 0.3) is 0 Å². The maximum absolute atomic E-state index is 12.9. The molecule has 6 heteroatoms. The van der Waals surface area contributed by atoms with E-state index in [4.69, 9.17) is 14.2 Å². The minimum absolute atomic E-state index is 0.0724. The molecule has 0 aromatic carbocycles. The van der Waals surface area contributed by atoms with Crippen LogP contribution in [0.5, 0.6) is 0 Å². The summed E-state index contributed by atoms with van der Waals surface area (Å²) in [4.78, 5) is 38.2. The molecule has 0 bridgehead atoms. The predicted octanol–water partition coefficient (Wildman–Crippen LogP) is 22.5. The molecule has 1 atom stereocenters. The molecule has 0 saturated carbocycles. The first kappa shape index (κ1) is 72.8. The highest BCUT2D eigenvalue weighted by Crippen LogP contribution is 2.17. The van der Waals surface area contributed by atoms with Crippen LogP contribution in [0, 0.1) is 0 Å². The molecule has 0 aromatic rings. The van der Waals surface area contributed by atoms with Crippen molar-refractivity contribution in [3.05, 3.63) is 72.9 Å². The van der Waals surface area contributed by atoms with E-state index in [1.54, 1.807) is 0 Å². The van der Waals surface area contributed by atoms with E-state index in [1.807, 2.05) is 0 Å². The first-order valence-electron chi connectivity index (χ1n) is 32.9. The van der Waals surface area contributed by atoms with Crippen LogP contribution < -0.4 is 0 Å². The molecule has 1 unspecified atom stereocenters. The number of esters is 3. The van der Waals surface area contributed by atoms with Crippen LogP contribution >= 0.6 is 0 Å². The maximum atomic E-state index is 12.9. The first-order chi connectivity index (χ1) is 37.5. The topological polar surface area (TPSA) is 78.9 Å². The standard InChI is InChI=1S/C70H124O6/c1-4-7-10-13-16-19-22-24-26-28-30-31-32-33-34-35-36-37-38-39-41-42-44-46-48-51-54-57-60-63-69(72)75-66-67(65-74-68(71)62-59-56-53-50-21-18-15-12-9-6-3)76-70(73)64-61-58-55-52-49-47-45-43-40-29-27-25-23-20-17-14-11-8-5-2/h7,10,16-17,19-20,24-27,30-31,67H,4-6,8-9,11-15,18,21-23,28-29,32-66H2,1-3H3/b10-7-,19-16-,20-17-,26-24-,27-25-,31-30-. The fourth-order valence-corrected chi connectivity index (χ4v) is 9.53. The third-order valence-electron chi connectivity index (χ3n) is 14.4. The molecule has 0 heterocycles. The number of rotatable bonds is 60. The number of unbranched alkanes of at least 4 members (excludes halogenated alkanes) is 37. The summed E-state index contributed by atoms with van der Waals surface area (Å²) in [5.74, 6) is -0.861. The highest BCUT2D eigenvalue weighted by atomic mass is 16.6. The van der Waals surface area contributed by atoms with Gasteiger partial charge < -0.3 is 14.2 Å². The van der Waals surface area contributed by atoms with E-state index < -0.39 is 6.10 Å². The zero-order chi connectivity index (χ0) is 55.0. The Morgan fingerprint density at radius 3 is 0.829 bits per heavy atom. The quantitative estimate of drug-likeness (QED) is 0.0261. The van der Waals surface area contributed by atoms with E-state index in [1.165, 1.54) is 205 Å². The SMILES string of the molecule is CC/C=C\C/C=C\C/C=C\C/C=C\CCCCCCCCCCCCCCCCCCC(=O)OCC(COC(=O)CCCCCCCCCCCC)OC(=O)CCCCCCCCCCC/C=C\C/C=C\CCCCC. The van der Waals surface area contributed by atoms with Crippen molar-refractivity contribution in [3.63, 3.8) is 0 Å². The Labute approximate surface area is 472 Å². The molecule has 0 radical (unpaired) electrons. The molecule has 0 aliphatic heterocycles. The zero-order valence-electron chi connectivity index (χ0n) is 50.5. The summed E-state index contributed by atoms with van der Waals surface area (Å²) < 4.78 is 16.9. The second kappa shape index (κ2) is 64.4. The van der Waals surface area contributed by atoms with Crippen molar-refractivity contribution in [1.29, 1.82) is 0 Å². The predicted molar refractivity (Wildman–Crippen MR) is 330 cm³/mol. The number of carbonyl (C=O) groups excluding carboxylic acids is 3. The van der Waals surface area contributed by atoms with Crippen LogP contribution in [0.25, 0.3) is 0 Å². The smallest absolute Gasteiger partial charge is 0.306 e. The lowest BCUT2D eigenvalue weighted by atomic mass is 10.0. The lowest BCUT2D eigenvalue weighted by Gasteiger charge is -2.18. The molecule has 0 rings (SSSR count). The molecule has 440 valence electrons. The van der Waals surface area contributed by atoms with E-state index in [2.05, 4.69) is 93.7 Å². The normalized spacial score (nSPS) is 12.5. The third kappa shape index (κ3) is 61.7. The lowest BCUT2D eigenvalue weighted by molar-refractivity contribution is -0.167. The molecule has 0 fully saturated rings. The van der Waals surface area contributed by atoms with Gasteiger partial charge in [0.2, 0.25) is 0 Å². The molecule has 76 heavy (non-hydrogen) atoms. The van der Waals surface area contributed by atoms with E-state index >= 15 is 0 Å². The zero-order valence-corrected chi connectivity index (χ0v) is 50.5. The van der Waals surface area contributed by atoms with Crippen molar-refractivity contribution in [2.45, 2.75) is 341 Å². The Hall–Kier alpha value is -3.15. The Bertz CT molecular complexity index is 1400. The summed E-state index contributed by atoms with van der Waals surface area (Å²) in [7, 11) is 0. The van der Waals surface area contributed by atoms with Gasteiger partial charge in [-0.05, 0) is 89.9 Å². The van der Waals surface area contributed by atoms with Crippen LogP contribution in [0.1, 0.15) is 335 Å². The molecule has 0 aliphatic carbocycles. The van der Waals surface area contributed by atoms with E-state index in [0.29, 0.717) is 19.3 Å². The van der Waals surface area contributed by atoms with Gasteiger partial charge in [0.15, 0.2) is 6.10 Å². The number of carbonyl (C=O) groups is 3.